The van der Waals surface area contributed by atoms with Gasteiger partial charge in [-0.25, -0.2) is 4.99 Å². The van der Waals surface area contributed by atoms with E-state index in [4.69, 9.17) is 4.74 Å². The monoisotopic (exact) mass is 335 g/mol. The van der Waals surface area contributed by atoms with Crippen molar-refractivity contribution >= 4 is 5.90 Å². The van der Waals surface area contributed by atoms with Crippen molar-refractivity contribution in [2.75, 3.05) is 13.2 Å². The van der Waals surface area contributed by atoms with Crippen molar-refractivity contribution in [2.24, 2.45) is 4.99 Å². The molecular formula is C22H41NO. The molecule has 1 rings (SSSR count). The molecule has 0 bridgehead atoms. The summed E-state index contributed by atoms with van der Waals surface area (Å²) < 4.78 is 5.35. The highest BCUT2D eigenvalue weighted by Crippen LogP contribution is 2.13. The first kappa shape index (κ1) is 21.3. The number of nitrogens with zero attached hydrogens (tertiary/aromatic N) is 1. The number of allylic oxidation sites excluding steroid dienone is 1. The standard InChI is InChI=1S/C22H41NO/c1-2-3-4-5-6-7-8-9-10-11-12-13-14-15-16-17-18-19-22-23-20-21-24-22/h18-19H,2-17,20-21H2,1H3. The molecule has 0 atom stereocenters. The molecule has 0 saturated carbocycles. The Hall–Kier alpha value is -0.790. The van der Waals surface area contributed by atoms with Crippen molar-refractivity contribution in [1.29, 1.82) is 0 Å². The lowest BCUT2D eigenvalue weighted by atomic mass is 10.0. The fraction of sp³-hybridized carbons (Fsp3) is 0.864. The minimum atomic E-state index is 0.763. The minimum absolute atomic E-state index is 0.763. The molecule has 1 aliphatic heterocycles. The third kappa shape index (κ3) is 13.6. The van der Waals surface area contributed by atoms with Crippen molar-refractivity contribution < 1.29 is 4.74 Å². The van der Waals surface area contributed by atoms with Crippen LogP contribution in [0.1, 0.15) is 110 Å². The lowest BCUT2D eigenvalue weighted by molar-refractivity contribution is 0.350. The fourth-order valence-electron chi connectivity index (χ4n) is 3.27. The third-order valence-corrected chi connectivity index (χ3v) is 4.84. The maximum atomic E-state index is 5.35. The lowest BCUT2D eigenvalue weighted by Crippen LogP contribution is -1.92. The highest BCUT2D eigenvalue weighted by molar-refractivity contribution is 5.88. The van der Waals surface area contributed by atoms with Crippen LogP contribution in [0.2, 0.25) is 0 Å². The summed E-state index contributed by atoms with van der Waals surface area (Å²) in [5.41, 5.74) is 0. The summed E-state index contributed by atoms with van der Waals surface area (Å²) in [6.45, 7) is 3.89. The SMILES string of the molecule is CCCCCCCCCCCCCCCCCC=CC1=NCCO1. The molecule has 0 aromatic carbocycles. The van der Waals surface area contributed by atoms with E-state index in [9.17, 15) is 0 Å². The molecule has 1 heterocycles. The summed E-state index contributed by atoms with van der Waals surface area (Å²) >= 11 is 0. The number of hydrogen-bond donors (Lipinski definition) is 0. The molecule has 24 heavy (non-hydrogen) atoms. The molecule has 0 aromatic heterocycles. The molecule has 0 aromatic rings. The number of unbranched alkanes of at least 4 members (excludes halogenated alkanes) is 15. The van der Waals surface area contributed by atoms with Gasteiger partial charge >= 0.3 is 0 Å². The Morgan fingerprint density at radius 1 is 0.750 bits per heavy atom. The van der Waals surface area contributed by atoms with Gasteiger partial charge in [-0.05, 0) is 18.9 Å². The van der Waals surface area contributed by atoms with Crippen LogP contribution < -0.4 is 0 Å². The summed E-state index contributed by atoms with van der Waals surface area (Å²) in [5, 5.41) is 0. The van der Waals surface area contributed by atoms with Crippen molar-refractivity contribution in [2.45, 2.75) is 110 Å². The minimum Gasteiger partial charge on any atom is -0.476 e. The average Bonchev–Trinajstić information content (AvgIpc) is 3.11. The molecule has 0 spiro atoms. The van der Waals surface area contributed by atoms with Crippen LogP contribution in [0.4, 0.5) is 0 Å². The van der Waals surface area contributed by atoms with E-state index in [1.54, 1.807) is 0 Å². The summed E-state index contributed by atoms with van der Waals surface area (Å²) in [5.74, 6) is 0.830. The Balaban J connectivity index is 1.69. The molecule has 0 N–H and O–H groups in total. The molecule has 2 nitrogen and oxygen atoms in total. The second-order valence-electron chi connectivity index (χ2n) is 7.21. The molecule has 140 valence electrons. The van der Waals surface area contributed by atoms with Crippen LogP contribution >= 0.6 is 0 Å². The van der Waals surface area contributed by atoms with Crippen molar-refractivity contribution in [1.82, 2.24) is 0 Å². The fourth-order valence-corrected chi connectivity index (χ4v) is 3.27. The van der Waals surface area contributed by atoms with Gasteiger partial charge in [0.1, 0.15) is 6.61 Å². The maximum absolute atomic E-state index is 5.35. The molecular weight excluding hydrogens is 294 g/mol. The van der Waals surface area contributed by atoms with E-state index in [-0.39, 0.29) is 0 Å². The summed E-state index contributed by atoms with van der Waals surface area (Å²) in [7, 11) is 0. The molecule has 0 saturated heterocycles. The Morgan fingerprint density at radius 3 is 1.71 bits per heavy atom. The van der Waals surface area contributed by atoms with Crippen molar-refractivity contribution in [3.05, 3.63) is 12.2 Å². The van der Waals surface area contributed by atoms with Gasteiger partial charge in [-0.2, -0.15) is 0 Å². The van der Waals surface area contributed by atoms with Gasteiger partial charge in [0.15, 0.2) is 0 Å². The normalized spacial score (nSPS) is 14.3. The second-order valence-corrected chi connectivity index (χ2v) is 7.21. The van der Waals surface area contributed by atoms with Gasteiger partial charge in [-0.1, -0.05) is 103 Å². The molecule has 0 aliphatic carbocycles. The maximum Gasteiger partial charge on any atom is 0.208 e. The molecule has 0 radical (unpaired) electrons. The van der Waals surface area contributed by atoms with Gasteiger partial charge in [0.05, 0.1) is 6.54 Å². The Morgan fingerprint density at radius 2 is 1.25 bits per heavy atom. The van der Waals surface area contributed by atoms with E-state index in [0.717, 1.165) is 19.0 Å². The highest BCUT2D eigenvalue weighted by Gasteiger charge is 2.01. The van der Waals surface area contributed by atoms with Crippen LogP contribution in [0, 0.1) is 0 Å². The van der Waals surface area contributed by atoms with Crippen LogP contribution in [0.15, 0.2) is 17.1 Å². The number of aliphatic imine (C=N–C) groups is 1. The molecule has 0 unspecified atom stereocenters. The molecule has 1 aliphatic rings. The van der Waals surface area contributed by atoms with Gasteiger partial charge in [0, 0.05) is 0 Å². The second kappa shape index (κ2) is 17.0. The largest absolute Gasteiger partial charge is 0.476 e. The predicted molar refractivity (Wildman–Crippen MR) is 107 cm³/mol. The first-order valence-electron chi connectivity index (χ1n) is 10.8. The predicted octanol–water partition coefficient (Wildman–Crippen LogP) is 7.23. The van der Waals surface area contributed by atoms with Crippen molar-refractivity contribution in [3.8, 4) is 0 Å². The van der Waals surface area contributed by atoms with E-state index in [1.165, 1.54) is 103 Å². The average molecular weight is 336 g/mol. The van der Waals surface area contributed by atoms with E-state index >= 15 is 0 Å². The topological polar surface area (TPSA) is 21.6 Å². The summed E-state index contributed by atoms with van der Waals surface area (Å²) in [6, 6.07) is 0. The zero-order valence-corrected chi connectivity index (χ0v) is 16.2. The van der Waals surface area contributed by atoms with Crippen LogP contribution in [0.25, 0.3) is 0 Å². The van der Waals surface area contributed by atoms with E-state index in [1.807, 2.05) is 6.08 Å². The zero-order valence-electron chi connectivity index (χ0n) is 16.2. The van der Waals surface area contributed by atoms with Gasteiger partial charge in [0.2, 0.25) is 5.90 Å². The smallest absolute Gasteiger partial charge is 0.208 e. The van der Waals surface area contributed by atoms with E-state index in [0.29, 0.717) is 0 Å². The van der Waals surface area contributed by atoms with Crippen LogP contribution in [-0.2, 0) is 4.74 Å². The highest BCUT2D eigenvalue weighted by atomic mass is 16.5. The Bertz CT molecular complexity index is 322. The van der Waals surface area contributed by atoms with Crippen molar-refractivity contribution in [3.63, 3.8) is 0 Å². The number of hydrogen-bond acceptors (Lipinski definition) is 2. The number of rotatable bonds is 17. The van der Waals surface area contributed by atoms with Crippen LogP contribution in [-0.4, -0.2) is 19.0 Å². The van der Waals surface area contributed by atoms with Crippen LogP contribution in [0.5, 0.6) is 0 Å². The summed E-state index contributed by atoms with van der Waals surface area (Å²) in [4.78, 5) is 4.25. The quantitative estimate of drug-likeness (QED) is 0.257. The molecule has 0 amide bonds. The first-order valence-corrected chi connectivity index (χ1v) is 10.8. The summed E-state index contributed by atoms with van der Waals surface area (Å²) in [6.07, 6.45) is 26.9. The van der Waals surface area contributed by atoms with Gasteiger partial charge in [-0.15, -0.1) is 0 Å². The van der Waals surface area contributed by atoms with Gasteiger partial charge < -0.3 is 4.74 Å². The third-order valence-electron chi connectivity index (χ3n) is 4.84. The zero-order chi connectivity index (χ0) is 17.1. The van der Waals surface area contributed by atoms with E-state index in [2.05, 4.69) is 18.0 Å². The molecule has 0 fully saturated rings. The first-order chi connectivity index (χ1) is 11.9. The lowest BCUT2D eigenvalue weighted by Gasteiger charge is -2.03. The molecule has 2 heteroatoms. The van der Waals surface area contributed by atoms with Crippen LogP contribution in [0.3, 0.4) is 0 Å². The number of ether oxygens (including phenoxy) is 1. The Labute approximate surface area is 151 Å². The Kier molecular flexibility index (Phi) is 15.1. The van der Waals surface area contributed by atoms with E-state index < -0.39 is 0 Å². The van der Waals surface area contributed by atoms with Gasteiger partial charge in [0.25, 0.3) is 0 Å². The van der Waals surface area contributed by atoms with Gasteiger partial charge in [-0.3, -0.25) is 0 Å².